The summed E-state index contributed by atoms with van der Waals surface area (Å²) in [5, 5.41) is 0. The fraction of sp³-hybridized carbons (Fsp3) is 0.583. The van der Waals surface area contributed by atoms with E-state index in [4.69, 9.17) is 11.6 Å². The molecule has 1 amide bonds. The number of hydrogen-bond acceptors (Lipinski definition) is 2. The molecule has 0 N–H and O–H groups in total. The fourth-order valence-corrected chi connectivity index (χ4v) is 3.85. The Bertz CT molecular complexity index is 390. The van der Waals surface area contributed by atoms with E-state index in [1.807, 2.05) is 17.0 Å². The Hall–Kier alpha value is -0.0600. The molecule has 0 saturated heterocycles. The molecule has 1 aliphatic carbocycles. The van der Waals surface area contributed by atoms with E-state index in [0.29, 0.717) is 18.5 Å². The predicted molar refractivity (Wildman–Crippen MR) is 76.0 cm³/mol. The molecule has 5 heteroatoms. The van der Waals surface area contributed by atoms with E-state index in [2.05, 4.69) is 15.9 Å². The van der Waals surface area contributed by atoms with Crippen molar-refractivity contribution in [2.75, 3.05) is 12.4 Å². The van der Waals surface area contributed by atoms with Crippen LogP contribution < -0.4 is 0 Å². The molecule has 0 radical (unpaired) electrons. The summed E-state index contributed by atoms with van der Waals surface area (Å²) in [6.45, 7) is 0.653. The quantitative estimate of drug-likeness (QED) is 0.757. The molecule has 94 valence electrons. The van der Waals surface area contributed by atoms with E-state index in [1.54, 1.807) is 0 Å². The molecule has 1 aromatic heterocycles. The summed E-state index contributed by atoms with van der Waals surface area (Å²) >= 11 is 10.7. The predicted octanol–water partition coefficient (Wildman–Crippen LogP) is 4.13. The lowest BCUT2D eigenvalue weighted by molar-refractivity contribution is 0.0700. The standard InChI is InChI=1S/C12H15BrClNOS/c13-11-6-5-10(17-11)12(16)15(8-7-14)9-3-1-2-4-9/h5-6,9H,1-4,7-8H2. The van der Waals surface area contributed by atoms with Crippen LogP contribution in [0.15, 0.2) is 15.9 Å². The summed E-state index contributed by atoms with van der Waals surface area (Å²) < 4.78 is 0.998. The molecule has 0 spiro atoms. The van der Waals surface area contributed by atoms with Gasteiger partial charge in [0.2, 0.25) is 0 Å². The second-order valence-corrected chi connectivity index (χ2v) is 7.07. The third kappa shape index (κ3) is 3.24. The van der Waals surface area contributed by atoms with Crippen LogP contribution in [-0.2, 0) is 0 Å². The number of rotatable bonds is 4. The van der Waals surface area contributed by atoms with E-state index in [1.165, 1.54) is 24.2 Å². The highest BCUT2D eigenvalue weighted by Gasteiger charge is 2.27. The topological polar surface area (TPSA) is 20.3 Å². The summed E-state index contributed by atoms with van der Waals surface area (Å²) in [5.74, 6) is 0.641. The molecule has 0 bridgehead atoms. The van der Waals surface area contributed by atoms with Crippen molar-refractivity contribution in [1.29, 1.82) is 0 Å². The van der Waals surface area contributed by atoms with Crippen molar-refractivity contribution in [2.24, 2.45) is 0 Å². The first kappa shape index (κ1) is 13.4. The van der Waals surface area contributed by atoms with Crippen LogP contribution in [0.2, 0.25) is 0 Å². The molecular formula is C12H15BrClNOS. The first-order valence-corrected chi connectivity index (χ1v) is 7.99. The van der Waals surface area contributed by atoms with Crippen molar-refractivity contribution < 1.29 is 4.79 Å². The van der Waals surface area contributed by atoms with Gasteiger partial charge in [0.15, 0.2) is 0 Å². The zero-order valence-corrected chi connectivity index (χ0v) is 12.7. The summed E-state index contributed by atoms with van der Waals surface area (Å²) in [7, 11) is 0. The van der Waals surface area contributed by atoms with Crippen molar-refractivity contribution >= 4 is 44.8 Å². The summed E-state index contributed by atoms with van der Waals surface area (Å²) in [6.07, 6.45) is 4.69. The number of nitrogens with zero attached hydrogens (tertiary/aromatic N) is 1. The Balaban J connectivity index is 2.12. The van der Waals surface area contributed by atoms with Crippen LogP contribution in [0.1, 0.15) is 35.4 Å². The highest BCUT2D eigenvalue weighted by Crippen LogP contribution is 2.28. The lowest BCUT2D eigenvalue weighted by Gasteiger charge is -2.27. The maximum Gasteiger partial charge on any atom is 0.264 e. The second kappa shape index (κ2) is 6.21. The van der Waals surface area contributed by atoms with Gasteiger partial charge >= 0.3 is 0 Å². The number of carbonyl (C=O) groups is 1. The molecule has 0 aromatic carbocycles. The van der Waals surface area contributed by atoms with Crippen LogP contribution in [0.5, 0.6) is 0 Å². The van der Waals surface area contributed by atoms with E-state index in [0.717, 1.165) is 21.5 Å². The van der Waals surface area contributed by atoms with Crippen molar-refractivity contribution in [3.05, 3.63) is 20.8 Å². The molecule has 1 saturated carbocycles. The zero-order valence-electron chi connectivity index (χ0n) is 9.49. The molecule has 1 aromatic rings. The number of carbonyl (C=O) groups excluding carboxylic acids is 1. The maximum atomic E-state index is 12.4. The first-order valence-electron chi connectivity index (χ1n) is 5.84. The van der Waals surface area contributed by atoms with E-state index in [-0.39, 0.29) is 5.91 Å². The number of halogens is 2. The van der Waals surface area contributed by atoms with Gasteiger partial charge in [-0.1, -0.05) is 12.8 Å². The Kier molecular flexibility index (Phi) is 4.88. The molecular weight excluding hydrogens is 322 g/mol. The minimum absolute atomic E-state index is 0.133. The van der Waals surface area contributed by atoms with Crippen LogP contribution in [0.3, 0.4) is 0 Å². The minimum atomic E-state index is 0.133. The third-order valence-corrected chi connectivity index (χ3v) is 4.92. The largest absolute Gasteiger partial charge is 0.334 e. The first-order chi connectivity index (χ1) is 8.22. The zero-order chi connectivity index (χ0) is 12.3. The Morgan fingerprint density at radius 2 is 2.18 bits per heavy atom. The fourth-order valence-electron chi connectivity index (χ4n) is 2.33. The Morgan fingerprint density at radius 1 is 1.47 bits per heavy atom. The molecule has 2 rings (SSSR count). The summed E-state index contributed by atoms with van der Waals surface area (Å²) in [6, 6.07) is 4.20. The van der Waals surface area contributed by atoms with Gasteiger partial charge in [0.05, 0.1) is 8.66 Å². The average Bonchev–Trinajstić information content (AvgIpc) is 2.95. The van der Waals surface area contributed by atoms with Gasteiger partial charge in [0.25, 0.3) is 5.91 Å². The van der Waals surface area contributed by atoms with E-state index < -0.39 is 0 Å². The second-order valence-electron chi connectivity index (χ2n) is 4.23. The van der Waals surface area contributed by atoms with Gasteiger partial charge in [-0.15, -0.1) is 22.9 Å². The molecule has 0 unspecified atom stereocenters. The molecule has 0 atom stereocenters. The lowest BCUT2D eigenvalue weighted by atomic mass is 10.2. The molecule has 1 fully saturated rings. The van der Waals surface area contributed by atoms with E-state index >= 15 is 0 Å². The number of amides is 1. The summed E-state index contributed by atoms with van der Waals surface area (Å²) in [4.78, 5) is 15.1. The number of hydrogen-bond donors (Lipinski definition) is 0. The molecule has 2 nitrogen and oxygen atoms in total. The van der Waals surface area contributed by atoms with Gasteiger partial charge < -0.3 is 4.90 Å². The van der Waals surface area contributed by atoms with Crippen molar-refractivity contribution in [2.45, 2.75) is 31.7 Å². The summed E-state index contributed by atoms with van der Waals surface area (Å²) in [5.41, 5.74) is 0. The Morgan fingerprint density at radius 3 is 2.71 bits per heavy atom. The van der Waals surface area contributed by atoms with Crippen LogP contribution in [0.4, 0.5) is 0 Å². The van der Waals surface area contributed by atoms with E-state index in [9.17, 15) is 4.79 Å². The highest BCUT2D eigenvalue weighted by molar-refractivity contribution is 9.11. The Labute approximate surface area is 119 Å². The van der Waals surface area contributed by atoms with Crippen LogP contribution in [0, 0.1) is 0 Å². The number of alkyl halides is 1. The van der Waals surface area contributed by atoms with Gasteiger partial charge in [-0.25, -0.2) is 0 Å². The van der Waals surface area contributed by atoms with Crippen LogP contribution in [-0.4, -0.2) is 29.3 Å². The number of thiophene rings is 1. The molecule has 17 heavy (non-hydrogen) atoms. The lowest BCUT2D eigenvalue weighted by Crippen LogP contribution is -2.39. The SMILES string of the molecule is O=C(c1ccc(Br)s1)N(CCCl)C1CCCC1. The molecule has 1 heterocycles. The van der Waals surface area contributed by atoms with Crippen LogP contribution >= 0.6 is 38.9 Å². The van der Waals surface area contributed by atoms with Crippen molar-refractivity contribution in [1.82, 2.24) is 4.90 Å². The highest BCUT2D eigenvalue weighted by atomic mass is 79.9. The van der Waals surface area contributed by atoms with Gasteiger partial charge in [0.1, 0.15) is 0 Å². The monoisotopic (exact) mass is 335 g/mol. The van der Waals surface area contributed by atoms with Crippen molar-refractivity contribution in [3.8, 4) is 0 Å². The van der Waals surface area contributed by atoms with Crippen molar-refractivity contribution in [3.63, 3.8) is 0 Å². The normalized spacial score (nSPS) is 16.4. The van der Waals surface area contributed by atoms with Gasteiger partial charge in [-0.05, 0) is 40.9 Å². The van der Waals surface area contributed by atoms with Gasteiger partial charge in [-0.3, -0.25) is 4.79 Å². The maximum absolute atomic E-state index is 12.4. The smallest absolute Gasteiger partial charge is 0.264 e. The third-order valence-electron chi connectivity index (χ3n) is 3.14. The molecule has 0 aliphatic heterocycles. The van der Waals surface area contributed by atoms with Crippen LogP contribution in [0.25, 0.3) is 0 Å². The molecule has 1 aliphatic rings. The van der Waals surface area contributed by atoms with Gasteiger partial charge in [0, 0.05) is 18.5 Å². The minimum Gasteiger partial charge on any atom is -0.334 e. The average molecular weight is 337 g/mol. The van der Waals surface area contributed by atoms with Gasteiger partial charge in [-0.2, -0.15) is 0 Å².